The Labute approximate surface area is 227 Å². The Morgan fingerprint density at radius 1 is 0.897 bits per heavy atom. The van der Waals surface area contributed by atoms with Crippen molar-refractivity contribution in [3.63, 3.8) is 0 Å². The first kappa shape index (κ1) is 25.9. The summed E-state index contributed by atoms with van der Waals surface area (Å²) >= 11 is 0. The Balaban J connectivity index is 1.45. The predicted octanol–water partition coefficient (Wildman–Crippen LogP) is 5.78. The molecule has 8 heteroatoms. The van der Waals surface area contributed by atoms with Gasteiger partial charge < -0.3 is 14.4 Å². The number of carbonyl (C=O) groups excluding carboxylic acids is 1. The van der Waals surface area contributed by atoms with Gasteiger partial charge in [0.25, 0.3) is 10.0 Å². The van der Waals surface area contributed by atoms with Gasteiger partial charge in [0.2, 0.25) is 0 Å². The van der Waals surface area contributed by atoms with Crippen molar-refractivity contribution in [1.29, 1.82) is 0 Å². The average Bonchev–Trinajstić information content (AvgIpc) is 3.22. The van der Waals surface area contributed by atoms with Gasteiger partial charge in [-0.1, -0.05) is 60.2 Å². The van der Waals surface area contributed by atoms with Gasteiger partial charge in [0.1, 0.15) is 16.4 Å². The van der Waals surface area contributed by atoms with Crippen molar-refractivity contribution in [3.8, 4) is 11.5 Å². The van der Waals surface area contributed by atoms with E-state index in [9.17, 15) is 13.2 Å². The monoisotopic (exact) mass is 538 g/mol. The zero-order valence-corrected chi connectivity index (χ0v) is 22.3. The van der Waals surface area contributed by atoms with E-state index in [0.717, 1.165) is 22.6 Å². The number of nitrogens with zero attached hydrogens (tertiary/aromatic N) is 2. The third kappa shape index (κ3) is 5.76. The van der Waals surface area contributed by atoms with Crippen molar-refractivity contribution in [2.75, 3.05) is 12.0 Å². The molecule has 0 N–H and O–H groups in total. The lowest BCUT2D eigenvalue weighted by atomic mass is 10.1. The summed E-state index contributed by atoms with van der Waals surface area (Å²) < 4.78 is 40.7. The van der Waals surface area contributed by atoms with Crippen molar-refractivity contribution in [1.82, 2.24) is 0 Å². The second-order valence-corrected chi connectivity index (χ2v) is 10.5. The van der Waals surface area contributed by atoms with E-state index in [2.05, 4.69) is 4.40 Å². The zero-order chi connectivity index (χ0) is 27.4. The maximum Gasteiger partial charge on any atom is 0.336 e. The van der Waals surface area contributed by atoms with Crippen LogP contribution in [0.15, 0.2) is 112 Å². The molecule has 5 rings (SSSR count). The van der Waals surface area contributed by atoms with Gasteiger partial charge in [0.15, 0.2) is 5.84 Å². The fourth-order valence-corrected chi connectivity index (χ4v) is 5.43. The largest absolute Gasteiger partial charge is 0.497 e. The molecule has 39 heavy (non-hydrogen) atoms. The summed E-state index contributed by atoms with van der Waals surface area (Å²) in [5.41, 5.74) is 3.86. The molecule has 7 nitrogen and oxygen atoms in total. The average molecular weight is 539 g/mol. The number of hydrogen-bond donors (Lipinski definition) is 0. The van der Waals surface area contributed by atoms with Gasteiger partial charge >= 0.3 is 5.97 Å². The van der Waals surface area contributed by atoms with Crippen LogP contribution in [-0.4, -0.2) is 27.3 Å². The molecule has 0 atom stereocenters. The fraction of sp³-hybridized carbons (Fsp3) is 0.0968. The second-order valence-electron chi connectivity index (χ2n) is 8.94. The fourth-order valence-electron chi connectivity index (χ4n) is 4.22. The number of esters is 1. The number of para-hydroxylation sites is 1. The summed E-state index contributed by atoms with van der Waals surface area (Å²) in [5.74, 6) is 0.874. The van der Waals surface area contributed by atoms with Gasteiger partial charge in [-0.3, -0.25) is 0 Å². The molecule has 1 aliphatic rings. The Morgan fingerprint density at radius 3 is 2.33 bits per heavy atom. The number of benzene rings is 4. The van der Waals surface area contributed by atoms with Gasteiger partial charge in [0.05, 0.1) is 13.7 Å². The molecule has 4 aromatic carbocycles. The highest BCUT2D eigenvalue weighted by Gasteiger charge is 2.32. The number of anilines is 1. The molecule has 0 saturated carbocycles. The first-order valence-corrected chi connectivity index (χ1v) is 13.7. The van der Waals surface area contributed by atoms with Crippen LogP contribution >= 0.6 is 0 Å². The minimum absolute atomic E-state index is 0.167. The van der Waals surface area contributed by atoms with Crippen LogP contribution in [0.5, 0.6) is 11.5 Å². The van der Waals surface area contributed by atoms with Crippen LogP contribution in [-0.2, 0) is 21.4 Å². The molecule has 0 unspecified atom stereocenters. The van der Waals surface area contributed by atoms with Crippen molar-refractivity contribution in [2.24, 2.45) is 4.40 Å². The Hall–Kier alpha value is -4.69. The molecule has 0 spiro atoms. The Kier molecular flexibility index (Phi) is 7.29. The van der Waals surface area contributed by atoms with Crippen LogP contribution in [0.25, 0.3) is 6.08 Å². The maximum atomic E-state index is 12.8. The number of methoxy groups -OCH3 is 1. The second kappa shape index (κ2) is 11.0. The normalized spacial score (nSPS) is 13.5. The van der Waals surface area contributed by atoms with Gasteiger partial charge in [-0.2, -0.15) is 8.42 Å². The lowest BCUT2D eigenvalue weighted by molar-refractivity contribution is -0.128. The number of ether oxygens (including phenoxy) is 2. The summed E-state index contributed by atoms with van der Waals surface area (Å²) in [6.45, 7) is 2.20. The highest BCUT2D eigenvalue weighted by Crippen LogP contribution is 2.32. The van der Waals surface area contributed by atoms with E-state index in [1.807, 2.05) is 72.5 Å². The third-order valence-corrected chi connectivity index (χ3v) is 7.58. The topological polar surface area (TPSA) is 85.3 Å². The van der Waals surface area contributed by atoms with E-state index in [1.54, 1.807) is 49.6 Å². The molecular weight excluding hydrogens is 512 g/mol. The van der Waals surface area contributed by atoms with Crippen LogP contribution in [0.1, 0.15) is 22.3 Å². The van der Waals surface area contributed by atoms with E-state index >= 15 is 0 Å². The van der Waals surface area contributed by atoms with E-state index in [0.29, 0.717) is 22.7 Å². The van der Waals surface area contributed by atoms with Crippen molar-refractivity contribution in [3.05, 3.63) is 125 Å². The molecule has 196 valence electrons. The molecule has 0 amide bonds. The minimum Gasteiger partial charge on any atom is -0.497 e. The van der Waals surface area contributed by atoms with Crippen molar-refractivity contribution in [2.45, 2.75) is 18.4 Å². The number of sulfonamides is 1. The summed E-state index contributed by atoms with van der Waals surface area (Å²) in [6, 6.07) is 29.0. The number of rotatable bonds is 7. The molecule has 0 bridgehead atoms. The van der Waals surface area contributed by atoms with Crippen LogP contribution in [0.4, 0.5) is 5.69 Å². The van der Waals surface area contributed by atoms with E-state index in [-0.39, 0.29) is 11.4 Å². The van der Waals surface area contributed by atoms with Crippen LogP contribution in [0.2, 0.25) is 0 Å². The summed E-state index contributed by atoms with van der Waals surface area (Å²) in [4.78, 5) is 14.7. The summed E-state index contributed by atoms with van der Waals surface area (Å²) in [5, 5.41) is 0. The Morgan fingerprint density at radius 2 is 1.59 bits per heavy atom. The zero-order valence-electron chi connectivity index (χ0n) is 21.4. The van der Waals surface area contributed by atoms with Crippen molar-refractivity contribution < 1.29 is 22.7 Å². The first-order chi connectivity index (χ1) is 18.8. The molecule has 4 aromatic rings. The smallest absolute Gasteiger partial charge is 0.336 e. The van der Waals surface area contributed by atoms with Crippen LogP contribution < -0.4 is 14.4 Å². The molecule has 0 aliphatic carbocycles. The van der Waals surface area contributed by atoms with Gasteiger partial charge in [-0.15, -0.1) is 4.40 Å². The number of aryl methyl sites for hydroxylation is 1. The molecule has 0 radical (unpaired) electrons. The Bertz CT molecular complexity index is 1680. The van der Waals surface area contributed by atoms with E-state index < -0.39 is 16.0 Å². The highest BCUT2D eigenvalue weighted by molar-refractivity contribution is 7.90. The standard InChI is InChI=1S/C31H26N2O5S/c1-22-11-16-25(17-12-22)33(31-27-8-4-6-10-29(27)39(35,36)32-31)21-24-7-3-5-9-28(24)38-30(34)20-15-23-13-18-26(37-2)19-14-23/h3-20H,21H2,1-2H3. The lowest BCUT2D eigenvalue weighted by Crippen LogP contribution is -2.30. The SMILES string of the molecule is COc1ccc(C=CC(=O)Oc2ccccc2CN(C2=NS(=O)(=O)c3ccccc32)c2ccc(C)cc2)cc1. The van der Waals surface area contributed by atoms with E-state index in [1.165, 1.54) is 6.08 Å². The number of hydrogen-bond acceptors (Lipinski definition) is 6. The molecule has 0 saturated heterocycles. The van der Waals surface area contributed by atoms with Gasteiger partial charge in [-0.05, 0) is 61.0 Å². The third-order valence-electron chi connectivity index (χ3n) is 6.25. The van der Waals surface area contributed by atoms with Gasteiger partial charge in [-0.25, -0.2) is 4.79 Å². The first-order valence-electron chi connectivity index (χ1n) is 12.2. The molecule has 0 fully saturated rings. The summed E-state index contributed by atoms with van der Waals surface area (Å²) in [7, 11) is -2.24. The summed E-state index contributed by atoms with van der Waals surface area (Å²) in [6.07, 6.45) is 3.03. The number of carbonyl (C=O) groups is 1. The molecule has 1 aliphatic heterocycles. The highest BCUT2D eigenvalue weighted by atomic mass is 32.2. The van der Waals surface area contributed by atoms with Crippen LogP contribution in [0, 0.1) is 6.92 Å². The lowest BCUT2D eigenvalue weighted by Gasteiger charge is -2.26. The van der Waals surface area contributed by atoms with Gasteiger partial charge in [0, 0.05) is 22.9 Å². The van der Waals surface area contributed by atoms with E-state index in [4.69, 9.17) is 9.47 Å². The predicted molar refractivity (Wildman–Crippen MR) is 152 cm³/mol. The maximum absolute atomic E-state index is 12.8. The molecular formula is C31H26N2O5S. The molecule has 1 heterocycles. The number of amidine groups is 1. The quantitative estimate of drug-likeness (QED) is 0.169. The number of fused-ring (bicyclic) bond motifs is 1. The molecule has 0 aromatic heterocycles. The minimum atomic E-state index is -3.83. The van der Waals surface area contributed by atoms with Crippen LogP contribution in [0.3, 0.4) is 0 Å². The van der Waals surface area contributed by atoms with Crippen molar-refractivity contribution >= 4 is 33.6 Å².